The lowest BCUT2D eigenvalue weighted by molar-refractivity contribution is 0.0162. The highest BCUT2D eigenvalue weighted by Gasteiger charge is 2.23. The lowest BCUT2D eigenvalue weighted by atomic mass is 10.0. The van der Waals surface area contributed by atoms with Crippen LogP contribution in [0.1, 0.15) is 27.5 Å². The van der Waals surface area contributed by atoms with Crippen molar-refractivity contribution in [1.29, 1.82) is 0 Å². The number of nitrogens with one attached hydrogen (secondary N) is 1. The van der Waals surface area contributed by atoms with Gasteiger partial charge in [-0.3, -0.25) is 9.69 Å². The fraction of sp³-hybridized carbons (Fsp3) is 0.381. The van der Waals surface area contributed by atoms with E-state index < -0.39 is 0 Å². The molecule has 1 N–H and O–H groups in total. The number of carbonyl (C=O) groups is 1. The molecule has 1 amide bonds. The lowest BCUT2D eigenvalue weighted by Crippen LogP contribution is -2.43. The van der Waals surface area contributed by atoms with Crippen molar-refractivity contribution < 1.29 is 18.7 Å². The molecule has 6 heteroatoms. The van der Waals surface area contributed by atoms with Gasteiger partial charge in [-0.15, -0.1) is 0 Å². The van der Waals surface area contributed by atoms with Crippen molar-refractivity contribution in [2.45, 2.75) is 13.0 Å². The van der Waals surface area contributed by atoms with Gasteiger partial charge in [-0.2, -0.15) is 0 Å². The third-order valence-electron chi connectivity index (χ3n) is 4.88. The van der Waals surface area contributed by atoms with Gasteiger partial charge in [0.25, 0.3) is 5.91 Å². The summed E-state index contributed by atoms with van der Waals surface area (Å²) in [5.41, 5.74) is 1.94. The summed E-state index contributed by atoms with van der Waals surface area (Å²) >= 11 is 0. The van der Waals surface area contributed by atoms with Crippen LogP contribution >= 0.6 is 0 Å². The Kier molecular flexibility index (Phi) is 6.42. The fourth-order valence-corrected chi connectivity index (χ4v) is 3.20. The molecule has 2 aromatic rings. The Morgan fingerprint density at radius 2 is 1.93 bits per heavy atom. The van der Waals surface area contributed by atoms with Gasteiger partial charge < -0.3 is 14.8 Å². The average molecular weight is 372 g/mol. The zero-order valence-electron chi connectivity index (χ0n) is 15.7. The maximum Gasteiger partial charge on any atom is 0.251 e. The summed E-state index contributed by atoms with van der Waals surface area (Å²) in [5.74, 6) is 0.141. The van der Waals surface area contributed by atoms with Gasteiger partial charge in [-0.1, -0.05) is 18.2 Å². The summed E-state index contributed by atoms with van der Waals surface area (Å²) in [7, 11) is 1.63. The molecule has 5 nitrogen and oxygen atoms in total. The quantitative estimate of drug-likeness (QED) is 0.847. The van der Waals surface area contributed by atoms with Crippen LogP contribution in [0.3, 0.4) is 0 Å². The molecular weight excluding hydrogens is 347 g/mol. The number of nitrogens with zero attached hydrogens (tertiary/aromatic N) is 1. The molecule has 3 rings (SSSR count). The number of hydrogen-bond acceptors (Lipinski definition) is 4. The number of aryl methyl sites for hydroxylation is 1. The van der Waals surface area contributed by atoms with Crippen LogP contribution in [0.2, 0.25) is 0 Å². The van der Waals surface area contributed by atoms with Crippen LogP contribution < -0.4 is 10.1 Å². The molecule has 2 aromatic carbocycles. The molecule has 0 spiro atoms. The number of morpholine rings is 1. The largest absolute Gasteiger partial charge is 0.497 e. The predicted molar refractivity (Wildman–Crippen MR) is 102 cm³/mol. The molecular formula is C21H25FN2O3. The first kappa shape index (κ1) is 19.3. The van der Waals surface area contributed by atoms with Gasteiger partial charge in [0.1, 0.15) is 11.6 Å². The Bertz CT molecular complexity index is 773. The van der Waals surface area contributed by atoms with E-state index in [4.69, 9.17) is 9.47 Å². The first-order chi connectivity index (χ1) is 13.1. The van der Waals surface area contributed by atoms with Crippen LogP contribution in [0, 0.1) is 12.7 Å². The maximum absolute atomic E-state index is 13.8. The second-order valence-electron chi connectivity index (χ2n) is 6.61. The Labute approximate surface area is 159 Å². The SMILES string of the molecule is COc1ccc(C(CNC(=O)c2ccc(C)c(F)c2)N2CCOCC2)cc1. The van der Waals surface area contributed by atoms with E-state index in [0.29, 0.717) is 30.9 Å². The van der Waals surface area contributed by atoms with Crippen molar-refractivity contribution in [3.05, 3.63) is 65.0 Å². The highest BCUT2D eigenvalue weighted by molar-refractivity contribution is 5.94. The second-order valence-corrected chi connectivity index (χ2v) is 6.61. The summed E-state index contributed by atoms with van der Waals surface area (Å²) < 4.78 is 24.4. The first-order valence-corrected chi connectivity index (χ1v) is 9.08. The van der Waals surface area contributed by atoms with E-state index in [1.807, 2.05) is 24.3 Å². The third kappa shape index (κ3) is 4.84. The van der Waals surface area contributed by atoms with Gasteiger partial charge in [0.05, 0.1) is 26.4 Å². The lowest BCUT2D eigenvalue weighted by Gasteiger charge is -2.35. The van der Waals surface area contributed by atoms with Gasteiger partial charge in [-0.05, 0) is 42.3 Å². The molecule has 144 valence electrons. The standard InChI is InChI=1S/C21H25FN2O3/c1-15-3-4-17(13-19(15)22)21(25)23-14-20(24-9-11-27-12-10-24)16-5-7-18(26-2)8-6-16/h3-8,13,20H,9-12,14H2,1-2H3,(H,23,25). The minimum Gasteiger partial charge on any atom is -0.497 e. The smallest absolute Gasteiger partial charge is 0.251 e. The van der Waals surface area contributed by atoms with Gasteiger partial charge >= 0.3 is 0 Å². The molecule has 1 aliphatic rings. The molecule has 0 aromatic heterocycles. The van der Waals surface area contributed by atoms with E-state index in [-0.39, 0.29) is 17.8 Å². The van der Waals surface area contributed by atoms with Crippen LogP contribution in [-0.2, 0) is 4.74 Å². The molecule has 0 aliphatic carbocycles. The molecule has 0 saturated carbocycles. The van der Waals surface area contributed by atoms with Crippen LogP contribution in [0.4, 0.5) is 4.39 Å². The van der Waals surface area contributed by atoms with Gasteiger partial charge in [0.2, 0.25) is 0 Å². The van der Waals surface area contributed by atoms with Gasteiger partial charge in [0, 0.05) is 25.2 Å². The number of methoxy groups -OCH3 is 1. The molecule has 27 heavy (non-hydrogen) atoms. The zero-order chi connectivity index (χ0) is 19.2. The molecule has 0 radical (unpaired) electrons. The Hall–Kier alpha value is -2.44. The number of carbonyl (C=O) groups excluding carboxylic acids is 1. The normalized spacial score (nSPS) is 16.0. The molecule has 1 fully saturated rings. The van der Waals surface area contributed by atoms with E-state index in [0.717, 1.165) is 24.4 Å². The summed E-state index contributed by atoms with van der Waals surface area (Å²) in [6.07, 6.45) is 0. The number of amides is 1. The molecule has 1 atom stereocenters. The minimum atomic E-state index is -0.373. The summed E-state index contributed by atoms with van der Waals surface area (Å²) in [6, 6.07) is 12.4. The summed E-state index contributed by atoms with van der Waals surface area (Å²) in [5, 5.41) is 2.95. The van der Waals surface area contributed by atoms with Crippen molar-refractivity contribution in [2.24, 2.45) is 0 Å². The van der Waals surface area contributed by atoms with Gasteiger partial charge in [0.15, 0.2) is 0 Å². The van der Waals surface area contributed by atoms with Gasteiger partial charge in [-0.25, -0.2) is 4.39 Å². The van der Waals surface area contributed by atoms with Crippen LogP contribution in [0.15, 0.2) is 42.5 Å². The summed E-state index contributed by atoms with van der Waals surface area (Å²) in [4.78, 5) is 14.8. The fourth-order valence-electron chi connectivity index (χ4n) is 3.20. The van der Waals surface area contributed by atoms with Crippen molar-refractivity contribution in [3.8, 4) is 5.75 Å². The number of hydrogen-bond donors (Lipinski definition) is 1. The second kappa shape index (κ2) is 8.97. The number of halogens is 1. The molecule has 1 saturated heterocycles. The number of benzene rings is 2. The van der Waals surface area contributed by atoms with E-state index >= 15 is 0 Å². The molecule has 1 aliphatic heterocycles. The van der Waals surface area contributed by atoms with Crippen LogP contribution in [0.5, 0.6) is 5.75 Å². The van der Waals surface area contributed by atoms with E-state index in [9.17, 15) is 9.18 Å². The molecule has 0 bridgehead atoms. The topological polar surface area (TPSA) is 50.8 Å². The van der Waals surface area contributed by atoms with E-state index in [1.54, 1.807) is 26.2 Å². The predicted octanol–water partition coefficient (Wildman–Crippen LogP) is 2.95. The summed E-state index contributed by atoms with van der Waals surface area (Å²) in [6.45, 7) is 5.04. The van der Waals surface area contributed by atoms with Crippen molar-refractivity contribution >= 4 is 5.91 Å². The van der Waals surface area contributed by atoms with E-state index in [2.05, 4.69) is 10.2 Å². The highest BCUT2D eigenvalue weighted by Crippen LogP contribution is 2.24. The molecule has 1 heterocycles. The number of ether oxygens (including phenoxy) is 2. The Morgan fingerprint density at radius 1 is 1.22 bits per heavy atom. The van der Waals surface area contributed by atoms with Crippen molar-refractivity contribution in [2.75, 3.05) is 40.0 Å². The third-order valence-corrected chi connectivity index (χ3v) is 4.88. The Balaban J connectivity index is 1.73. The first-order valence-electron chi connectivity index (χ1n) is 9.08. The monoisotopic (exact) mass is 372 g/mol. The number of rotatable bonds is 6. The average Bonchev–Trinajstić information content (AvgIpc) is 2.71. The maximum atomic E-state index is 13.8. The molecule has 1 unspecified atom stereocenters. The minimum absolute atomic E-state index is 0.0130. The van der Waals surface area contributed by atoms with E-state index in [1.165, 1.54) is 6.07 Å². The van der Waals surface area contributed by atoms with Crippen LogP contribution in [-0.4, -0.2) is 50.8 Å². The van der Waals surface area contributed by atoms with Crippen molar-refractivity contribution in [1.82, 2.24) is 10.2 Å². The highest BCUT2D eigenvalue weighted by atomic mass is 19.1. The van der Waals surface area contributed by atoms with Crippen molar-refractivity contribution in [3.63, 3.8) is 0 Å². The van der Waals surface area contributed by atoms with Crippen LogP contribution in [0.25, 0.3) is 0 Å². The zero-order valence-corrected chi connectivity index (χ0v) is 15.7. The Morgan fingerprint density at radius 3 is 2.56 bits per heavy atom.